The number of piperazine rings is 1. The average molecular weight is 289 g/mol. The third-order valence-corrected chi connectivity index (χ3v) is 4.61. The molecule has 3 heterocycles. The van der Waals surface area contributed by atoms with Gasteiger partial charge in [0.15, 0.2) is 0 Å². The zero-order chi connectivity index (χ0) is 13.9. The highest BCUT2D eigenvalue weighted by Crippen LogP contribution is 2.15. The molecule has 0 aliphatic carbocycles. The van der Waals surface area contributed by atoms with Gasteiger partial charge in [0, 0.05) is 37.3 Å². The van der Waals surface area contributed by atoms with Crippen LogP contribution in [0.4, 0.5) is 0 Å². The molecule has 0 radical (unpaired) electrons. The van der Waals surface area contributed by atoms with Gasteiger partial charge in [0.1, 0.15) is 5.69 Å². The van der Waals surface area contributed by atoms with Crippen molar-refractivity contribution < 1.29 is 4.79 Å². The number of carbonyl (C=O) groups excluding carboxylic acids is 1. The normalized spacial score (nSPS) is 16.6. The Hall–Kier alpha value is -1.59. The van der Waals surface area contributed by atoms with Gasteiger partial charge in [0.2, 0.25) is 0 Å². The van der Waals surface area contributed by atoms with Gasteiger partial charge in [-0.05, 0) is 30.6 Å². The molecule has 0 spiro atoms. The van der Waals surface area contributed by atoms with E-state index in [4.69, 9.17) is 0 Å². The van der Waals surface area contributed by atoms with E-state index >= 15 is 0 Å². The summed E-state index contributed by atoms with van der Waals surface area (Å²) >= 11 is 1.73. The average Bonchev–Trinajstić information content (AvgIpc) is 3.11. The standard InChI is InChI=1S/C15H19N3OS/c1-16-7-9-17(10-8-16)15(19)14-5-2-6-18(14)12-13-4-3-11-20-13/h2-6,11H,7-10,12H2,1H3. The van der Waals surface area contributed by atoms with Gasteiger partial charge >= 0.3 is 0 Å². The van der Waals surface area contributed by atoms with Crippen molar-refractivity contribution in [3.63, 3.8) is 0 Å². The van der Waals surface area contributed by atoms with Crippen molar-refractivity contribution in [2.75, 3.05) is 33.2 Å². The van der Waals surface area contributed by atoms with E-state index in [1.54, 1.807) is 11.3 Å². The zero-order valence-electron chi connectivity index (χ0n) is 11.7. The first kappa shape index (κ1) is 13.4. The van der Waals surface area contributed by atoms with Crippen LogP contribution in [0.1, 0.15) is 15.4 Å². The van der Waals surface area contributed by atoms with Gasteiger partial charge in [-0.15, -0.1) is 11.3 Å². The SMILES string of the molecule is CN1CCN(C(=O)c2cccn2Cc2cccs2)CC1. The number of amides is 1. The molecule has 1 aliphatic rings. The number of carbonyl (C=O) groups is 1. The molecule has 1 fully saturated rings. The highest BCUT2D eigenvalue weighted by molar-refractivity contribution is 7.09. The molecular weight excluding hydrogens is 270 g/mol. The molecule has 2 aromatic heterocycles. The molecule has 106 valence electrons. The van der Waals surface area contributed by atoms with E-state index in [0.717, 1.165) is 38.4 Å². The zero-order valence-corrected chi connectivity index (χ0v) is 12.5. The van der Waals surface area contributed by atoms with Crippen LogP contribution in [-0.2, 0) is 6.54 Å². The van der Waals surface area contributed by atoms with E-state index in [1.165, 1.54) is 4.88 Å². The molecule has 0 bridgehead atoms. The topological polar surface area (TPSA) is 28.5 Å². The summed E-state index contributed by atoms with van der Waals surface area (Å²) in [5.41, 5.74) is 0.794. The third-order valence-electron chi connectivity index (χ3n) is 3.75. The van der Waals surface area contributed by atoms with Crippen molar-refractivity contribution in [3.05, 3.63) is 46.4 Å². The van der Waals surface area contributed by atoms with Crippen molar-refractivity contribution in [1.82, 2.24) is 14.4 Å². The molecule has 1 aliphatic heterocycles. The predicted octanol–water partition coefficient (Wildman–Crippen LogP) is 1.99. The molecule has 20 heavy (non-hydrogen) atoms. The summed E-state index contributed by atoms with van der Waals surface area (Å²) in [6.07, 6.45) is 1.99. The van der Waals surface area contributed by atoms with Gasteiger partial charge in [-0.2, -0.15) is 0 Å². The summed E-state index contributed by atoms with van der Waals surface area (Å²) in [6, 6.07) is 8.03. The Morgan fingerprint density at radius 3 is 2.70 bits per heavy atom. The molecule has 5 heteroatoms. The Morgan fingerprint density at radius 1 is 1.20 bits per heavy atom. The van der Waals surface area contributed by atoms with Crippen LogP contribution in [0, 0.1) is 0 Å². The van der Waals surface area contributed by atoms with E-state index in [1.807, 2.05) is 33.9 Å². The lowest BCUT2D eigenvalue weighted by Crippen LogP contribution is -2.47. The van der Waals surface area contributed by atoms with Crippen LogP contribution in [0.3, 0.4) is 0 Å². The number of hydrogen-bond acceptors (Lipinski definition) is 3. The summed E-state index contributed by atoms with van der Waals surface area (Å²) in [5, 5.41) is 2.07. The monoisotopic (exact) mass is 289 g/mol. The molecule has 0 atom stereocenters. The quantitative estimate of drug-likeness (QED) is 0.864. The molecule has 2 aromatic rings. The number of rotatable bonds is 3. The number of likely N-dealkylation sites (N-methyl/N-ethyl adjacent to an activating group) is 1. The van der Waals surface area contributed by atoms with E-state index in [-0.39, 0.29) is 5.91 Å². The number of thiophene rings is 1. The molecule has 0 aromatic carbocycles. The smallest absolute Gasteiger partial charge is 0.270 e. The van der Waals surface area contributed by atoms with Crippen molar-refractivity contribution in [1.29, 1.82) is 0 Å². The lowest BCUT2D eigenvalue weighted by molar-refractivity contribution is 0.0654. The van der Waals surface area contributed by atoms with Crippen LogP contribution in [0.15, 0.2) is 35.8 Å². The predicted molar refractivity (Wildman–Crippen MR) is 81.3 cm³/mol. The maximum atomic E-state index is 12.6. The maximum absolute atomic E-state index is 12.6. The Morgan fingerprint density at radius 2 is 2.00 bits per heavy atom. The summed E-state index contributed by atoms with van der Waals surface area (Å²) < 4.78 is 2.05. The molecule has 0 unspecified atom stereocenters. The minimum atomic E-state index is 0.152. The van der Waals surface area contributed by atoms with Gasteiger partial charge in [0.05, 0.1) is 6.54 Å². The fourth-order valence-corrected chi connectivity index (χ4v) is 3.19. The lowest BCUT2D eigenvalue weighted by atomic mass is 10.3. The van der Waals surface area contributed by atoms with Crippen LogP contribution >= 0.6 is 11.3 Å². The Labute approximate surface area is 123 Å². The summed E-state index contributed by atoms with van der Waals surface area (Å²) in [5.74, 6) is 0.152. The first-order valence-electron chi connectivity index (χ1n) is 6.89. The molecule has 1 saturated heterocycles. The van der Waals surface area contributed by atoms with Crippen LogP contribution in [-0.4, -0.2) is 53.5 Å². The lowest BCUT2D eigenvalue weighted by Gasteiger charge is -2.32. The van der Waals surface area contributed by atoms with Crippen LogP contribution in [0.2, 0.25) is 0 Å². The van der Waals surface area contributed by atoms with Crippen LogP contribution in [0.5, 0.6) is 0 Å². The van der Waals surface area contributed by atoms with Crippen LogP contribution in [0.25, 0.3) is 0 Å². The number of aromatic nitrogens is 1. The molecule has 0 saturated carbocycles. The molecule has 4 nitrogen and oxygen atoms in total. The molecule has 3 rings (SSSR count). The fourth-order valence-electron chi connectivity index (χ4n) is 2.49. The van der Waals surface area contributed by atoms with Crippen molar-refractivity contribution in [2.24, 2.45) is 0 Å². The second-order valence-corrected chi connectivity index (χ2v) is 6.23. The van der Waals surface area contributed by atoms with Gasteiger partial charge < -0.3 is 14.4 Å². The molecule has 1 amide bonds. The third kappa shape index (κ3) is 2.78. The fraction of sp³-hybridized carbons (Fsp3) is 0.400. The first-order valence-corrected chi connectivity index (χ1v) is 7.77. The van der Waals surface area contributed by atoms with E-state index in [2.05, 4.69) is 23.4 Å². The maximum Gasteiger partial charge on any atom is 0.270 e. The van der Waals surface area contributed by atoms with Crippen molar-refractivity contribution >= 4 is 17.2 Å². The first-order chi connectivity index (χ1) is 9.74. The Balaban J connectivity index is 1.73. The Bertz CT molecular complexity index is 568. The van der Waals surface area contributed by atoms with E-state index in [9.17, 15) is 4.79 Å². The van der Waals surface area contributed by atoms with Gasteiger partial charge in [-0.25, -0.2) is 0 Å². The summed E-state index contributed by atoms with van der Waals surface area (Å²) in [7, 11) is 2.10. The van der Waals surface area contributed by atoms with E-state index < -0.39 is 0 Å². The number of hydrogen-bond donors (Lipinski definition) is 0. The summed E-state index contributed by atoms with van der Waals surface area (Å²) in [4.78, 5) is 18.1. The van der Waals surface area contributed by atoms with Crippen LogP contribution < -0.4 is 0 Å². The van der Waals surface area contributed by atoms with Gasteiger partial charge in [-0.3, -0.25) is 4.79 Å². The summed E-state index contributed by atoms with van der Waals surface area (Å²) in [6.45, 7) is 4.33. The molecule has 0 N–H and O–H groups in total. The molecular formula is C15H19N3OS. The number of nitrogens with zero attached hydrogens (tertiary/aromatic N) is 3. The minimum Gasteiger partial charge on any atom is -0.338 e. The highest BCUT2D eigenvalue weighted by atomic mass is 32.1. The largest absolute Gasteiger partial charge is 0.338 e. The van der Waals surface area contributed by atoms with E-state index in [0.29, 0.717) is 0 Å². The second kappa shape index (κ2) is 5.81. The van der Waals surface area contributed by atoms with Gasteiger partial charge in [0.25, 0.3) is 5.91 Å². The Kier molecular flexibility index (Phi) is 3.89. The minimum absolute atomic E-state index is 0.152. The second-order valence-electron chi connectivity index (χ2n) is 5.20. The van der Waals surface area contributed by atoms with Crippen molar-refractivity contribution in [3.8, 4) is 0 Å². The highest BCUT2D eigenvalue weighted by Gasteiger charge is 2.22. The van der Waals surface area contributed by atoms with Gasteiger partial charge in [-0.1, -0.05) is 6.07 Å². The van der Waals surface area contributed by atoms with Crippen molar-refractivity contribution in [2.45, 2.75) is 6.54 Å².